The summed E-state index contributed by atoms with van der Waals surface area (Å²) in [4.78, 5) is 5.33. The third kappa shape index (κ3) is 3.77. The second-order valence-electron chi connectivity index (χ2n) is 9.20. The van der Waals surface area contributed by atoms with Gasteiger partial charge in [-0.3, -0.25) is 14.5 Å². The van der Waals surface area contributed by atoms with Gasteiger partial charge in [-0.05, 0) is 43.7 Å². The first-order valence-electron chi connectivity index (χ1n) is 11.4. The summed E-state index contributed by atoms with van der Waals surface area (Å²) in [6.07, 6.45) is 11.9. The molecule has 0 radical (unpaired) electrons. The number of rotatable bonds is 4. The summed E-state index contributed by atoms with van der Waals surface area (Å²) in [6, 6.07) is 10.1. The minimum Gasteiger partial charge on any atom is -0.298 e. The molecule has 3 heterocycles. The molecule has 1 atom stereocenters. The van der Waals surface area contributed by atoms with E-state index in [0.29, 0.717) is 0 Å². The van der Waals surface area contributed by atoms with Crippen LogP contribution in [0.5, 0.6) is 0 Å². The number of aromatic nitrogens is 2. The molecule has 2 aromatic rings. The van der Waals surface area contributed by atoms with E-state index in [1.54, 1.807) is 0 Å². The molecule has 4 heteroatoms. The molecular weight excluding hydrogens is 344 g/mol. The molecule has 1 aliphatic carbocycles. The number of nitrogens with zero attached hydrogens (tertiary/aromatic N) is 4. The lowest BCUT2D eigenvalue weighted by molar-refractivity contribution is 0.0995. The quantitative estimate of drug-likeness (QED) is 0.787. The molecule has 0 amide bonds. The van der Waals surface area contributed by atoms with Crippen molar-refractivity contribution in [2.24, 2.45) is 7.05 Å². The molecule has 0 bridgehead atoms. The van der Waals surface area contributed by atoms with Crippen molar-refractivity contribution in [3.8, 4) is 11.3 Å². The van der Waals surface area contributed by atoms with Crippen molar-refractivity contribution in [2.75, 3.05) is 26.2 Å². The second kappa shape index (κ2) is 8.00. The topological polar surface area (TPSA) is 24.3 Å². The van der Waals surface area contributed by atoms with Crippen LogP contribution in [0.1, 0.15) is 62.0 Å². The molecule has 2 saturated heterocycles. The first-order chi connectivity index (χ1) is 13.8. The maximum atomic E-state index is 4.83. The SMILES string of the molecule is Cn1cc(CN2CCN3CCC[C@@H]3C2)c(-c2ccc(C3CCCCC3)cc2)n1. The third-order valence-corrected chi connectivity index (χ3v) is 7.23. The van der Waals surface area contributed by atoms with Crippen LogP contribution in [0.3, 0.4) is 0 Å². The van der Waals surface area contributed by atoms with Gasteiger partial charge in [-0.15, -0.1) is 0 Å². The van der Waals surface area contributed by atoms with Crippen molar-refractivity contribution < 1.29 is 0 Å². The molecule has 1 saturated carbocycles. The zero-order valence-electron chi connectivity index (χ0n) is 17.3. The van der Waals surface area contributed by atoms with Gasteiger partial charge in [-0.25, -0.2) is 0 Å². The van der Waals surface area contributed by atoms with Crippen LogP contribution >= 0.6 is 0 Å². The molecule has 0 spiro atoms. The molecular formula is C24H34N4. The van der Waals surface area contributed by atoms with Crippen LogP contribution in [-0.4, -0.2) is 51.8 Å². The van der Waals surface area contributed by atoms with Crippen LogP contribution in [0.4, 0.5) is 0 Å². The summed E-state index contributed by atoms with van der Waals surface area (Å²) in [6.45, 7) is 5.97. The first kappa shape index (κ1) is 18.4. The zero-order chi connectivity index (χ0) is 18.9. The van der Waals surface area contributed by atoms with E-state index < -0.39 is 0 Å². The van der Waals surface area contributed by atoms with Crippen LogP contribution in [-0.2, 0) is 13.6 Å². The van der Waals surface area contributed by atoms with E-state index in [0.717, 1.165) is 18.5 Å². The fourth-order valence-electron chi connectivity index (χ4n) is 5.69. The van der Waals surface area contributed by atoms with Gasteiger partial charge in [-0.1, -0.05) is 43.5 Å². The lowest BCUT2D eigenvalue weighted by Crippen LogP contribution is -2.49. The Labute approximate surface area is 169 Å². The van der Waals surface area contributed by atoms with E-state index >= 15 is 0 Å². The maximum absolute atomic E-state index is 4.83. The van der Waals surface area contributed by atoms with Gasteiger partial charge in [0.25, 0.3) is 0 Å². The van der Waals surface area contributed by atoms with E-state index in [-0.39, 0.29) is 0 Å². The van der Waals surface area contributed by atoms with Crippen LogP contribution in [0, 0.1) is 0 Å². The van der Waals surface area contributed by atoms with E-state index in [4.69, 9.17) is 5.10 Å². The average molecular weight is 379 g/mol. The fraction of sp³-hybridized carbons (Fsp3) is 0.625. The zero-order valence-corrected chi connectivity index (χ0v) is 17.3. The van der Waals surface area contributed by atoms with Crippen molar-refractivity contribution in [3.63, 3.8) is 0 Å². The molecule has 28 heavy (non-hydrogen) atoms. The minimum absolute atomic E-state index is 0.772. The Kier molecular flexibility index (Phi) is 5.25. The van der Waals surface area contributed by atoms with Crippen LogP contribution in [0.2, 0.25) is 0 Å². The highest BCUT2D eigenvalue weighted by molar-refractivity contribution is 5.63. The van der Waals surface area contributed by atoms with E-state index in [1.165, 1.54) is 93.5 Å². The predicted molar refractivity (Wildman–Crippen MR) is 114 cm³/mol. The van der Waals surface area contributed by atoms with Gasteiger partial charge in [0.2, 0.25) is 0 Å². The normalized spacial score (nSPS) is 24.5. The van der Waals surface area contributed by atoms with Gasteiger partial charge in [0.15, 0.2) is 0 Å². The fourth-order valence-corrected chi connectivity index (χ4v) is 5.69. The summed E-state index contributed by atoms with van der Waals surface area (Å²) in [5, 5.41) is 4.83. The monoisotopic (exact) mass is 378 g/mol. The van der Waals surface area contributed by atoms with Gasteiger partial charge in [-0.2, -0.15) is 5.10 Å². The smallest absolute Gasteiger partial charge is 0.0968 e. The van der Waals surface area contributed by atoms with Crippen molar-refractivity contribution >= 4 is 0 Å². The van der Waals surface area contributed by atoms with Gasteiger partial charge >= 0.3 is 0 Å². The van der Waals surface area contributed by atoms with Gasteiger partial charge in [0, 0.05) is 56.6 Å². The van der Waals surface area contributed by atoms with Crippen molar-refractivity contribution in [1.29, 1.82) is 0 Å². The summed E-state index contributed by atoms with van der Waals surface area (Å²) >= 11 is 0. The lowest BCUT2D eigenvalue weighted by atomic mass is 9.84. The summed E-state index contributed by atoms with van der Waals surface area (Å²) in [5.41, 5.74) is 5.35. The van der Waals surface area contributed by atoms with Crippen molar-refractivity contribution in [2.45, 2.75) is 63.5 Å². The Morgan fingerprint density at radius 2 is 1.75 bits per heavy atom. The third-order valence-electron chi connectivity index (χ3n) is 7.23. The molecule has 4 nitrogen and oxygen atoms in total. The van der Waals surface area contributed by atoms with Gasteiger partial charge in [0.05, 0.1) is 5.69 Å². The molecule has 1 aromatic carbocycles. The lowest BCUT2D eigenvalue weighted by Gasteiger charge is -2.37. The first-order valence-corrected chi connectivity index (χ1v) is 11.4. The number of fused-ring (bicyclic) bond motifs is 1. The highest BCUT2D eigenvalue weighted by Gasteiger charge is 2.30. The average Bonchev–Trinajstić information content (AvgIpc) is 3.35. The summed E-state index contributed by atoms with van der Waals surface area (Å²) < 4.78 is 1.99. The number of benzene rings is 1. The second-order valence-corrected chi connectivity index (χ2v) is 9.20. The number of aryl methyl sites for hydroxylation is 1. The molecule has 2 aliphatic heterocycles. The molecule has 3 fully saturated rings. The predicted octanol–water partition coefficient (Wildman–Crippen LogP) is 4.41. The molecule has 1 aromatic heterocycles. The van der Waals surface area contributed by atoms with E-state index in [2.05, 4.69) is 47.3 Å². The Morgan fingerprint density at radius 1 is 0.929 bits per heavy atom. The van der Waals surface area contributed by atoms with Gasteiger partial charge < -0.3 is 0 Å². The molecule has 5 rings (SSSR count). The molecule has 150 valence electrons. The molecule has 0 N–H and O–H groups in total. The number of hydrogen-bond donors (Lipinski definition) is 0. The Bertz CT molecular complexity index is 787. The number of piperazine rings is 1. The van der Waals surface area contributed by atoms with Crippen LogP contribution in [0.15, 0.2) is 30.5 Å². The Morgan fingerprint density at radius 3 is 2.57 bits per heavy atom. The van der Waals surface area contributed by atoms with Crippen molar-refractivity contribution in [3.05, 3.63) is 41.6 Å². The molecule has 0 unspecified atom stereocenters. The summed E-state index contributed by atoms with van der Waals surface area (Å²) in [5.74, 6) is 0.772. The van der Waals surface area contributed by atoms with Gasteiger partial charge in [0.1, 0.15) is 0 Å². The minimum atomic E-state index is 0.772. The standard InChI is InChI=1S/C24H34N4/c1-26-16-22(17-27-14-15-28-13-5-8-23(28)18-27)24(25-26)21-11-9-20(10-12-21)19-6-3-2-4-7-19/h9-12,16,19,23H,2-8,13-15,17-18H2,1H3/t23-/m1/s1. The van der Waals surface area contributed by atoms with Crippen LogP contribution in [0.25, 0.3) is 11.3 Å². The van der Waals surface area contributed by atoms with E-state index in [1.807, 2.05) is 4.68 Å². The Balaban J connectivity index is 1.31. The molecule has 3 aliphatic rings. The number of hydrogen-bond acceptors (Lipinski definition) is 3. The largest absolute Gasteiger partial charge is 0.298 e. The highest BCUT2D eigenvalue weighted by Crippen LogP contribution is 2.34. The van der Waals surface area contributed by atoms with E-state index in [9.17, 15) is 0 Å². The Hall–Kier alpha value is -1.65. The van der Waals surface area contributed by atoms with Crippen LogP contribution < -0.4 is 0 Å². The highest BCUT2D eigenvalue weighted by atomic mass is 15.3. The summed E-state index contributed by atoms with van der Waals surface area (Å²) in [7, 11) is 2.05. The maximum Gasteiger partial charge on any atom is 0.0968 e. The van der Waals surface area contributed by atoms with Crippen molar-refractivity contribution in [1.82, 2.24) is 19.6 Å².